The van der Waals surface area contributed by atoms with Crippen molar-refractivity contribution in [2.24, 2.45) is 0 Å². The van der Waals surface area contributed by atoms with E-state index in [1.807, 2.05) is 13.8 Å². The van der Waals surface area contributed by atoms with Gasteiger partial charge in [-0.2, -0.15) is 4.31 Å². The summed E-state index contributed by atoms with van der Waals surface area (Å²) in [5.74, 6) is 0.154. The Hall–Kier alpha value is -2.12. The third kappa shape index (κ3) is 5.44. The van der Waals surface area contributed by atoms with Gasteiger partial charge >= 0.3 is 0 Å². The van der Waals surface area contributed by atoms with E-state index in [4.69, 9.17) is 4.42 Å². The van der Waals surface area contributed by atoms with Gasteiger partial charge in [0.25, 0.3) is 0 Å². The topological polar surface area (TPSA) is 79.6 Å². The molecular formula is C18H24N2O4S. The van der Waals surface area contributed by atoms with Crippen LogP contribution in [0.25, 0.3) is 0 Å². The quantitative estimate of drug-likeness (QED) is 0.742. The van der Waals surface area contributed by atoms with Crippen molar-refractivity contribution < 1.29 is 17.6 Å². The Morgan fingerprint density at radius 2 is 1.92 bits per heavy atom. The smallest absolute Gasteiger partial charge is 0.243 e. The third-order valence-corrected chi connectivity index (χ3v) is 5.55. The van der Waals surface area contributed by atoms with E-state index in [1.54, 1.807) is 30.3 Å². The first kappa shape index (κ1) is 19.2. The molecule has 0 saturated carbocycles. The molecule has 1 N–H and O–H groups in total. The molecule has 1 amide bonds. The number of furan rings is 1. The van der Waals surface area contributed by atoms with Gasteiger partial charge in [0.15, 0.2) is 0 Å². The molecule has 2 rings (SSSR count). The van der Waals surface area contributed by atoms with Crippen LogP contribution in [0.15, 0.2) is 58.0 Å². The highest BCUT2D eigenvalue weighted by molar-refractivity contribution is 7.89. The fourth-order valence-corrected chi connectivity index (χ4v) is 3.91. The van der Waals surface area contributed by atoms with E-state index in [1.165, 1.54) is 18.4 Å². The van der Waals surface area contributed by atoms with E-state index < -0.39 is 10.0 Å². The van der Waals surface area contributed by atoms with Gasteiger partial charge in [0.1, 0.15) is 5.76 Å². The monoisotopic (exact) mass is 364 g/mol. The molecule has 1 aromatic heterocycles. The lowest BCUT2D eigenvalue weighted by molar-refractivity contribution is -0.122. The molecule has 0 fully saturated rings. The molecule has 1 atom stereocenters. The number of hydrogen-bond acceptors (Lipinski definition) is 4. The summed E-state index contributed by atoms with van der Waals surface area (Å²) in [4.78, 5) is 12.4. The Kier molecular flexibility index (Phi) is 6.78. The van der Waals surface area contributed by atoms with E-state index in [0.29, 0.717) is 5.76 Å². The van der Waals surface area contributed by atoms with E-state index in [0.717, 1.165) is 17.1 Å². The van der Waals surface area contributed by atoms with E-state index in [9.17, 15) is 13.2 Å². The van der Waals surface area contributed by atoms with Crippen LogP contribution in [0.3, 0.4) is 0 Å². The Labute approximate surface area is 148 Å². The van der Waals surface area contributed by atoms with Crippen molar-refractivity contribution in [3.8, 4) is 0 Å². The molecule has 0 radical (unpaired) electrons. The number of carbonyl (C=O) groups excluding carboxylic acids is 1. The minimum Gasteiger partial charge on any atom is -0.468 e. The molecule has 0 bridgehead atoms. The first-order valence-corrected chi connectivity index (χ1v) is 9.74. The van der Waals surface area contributed by atoms with Crippen molar-refractivity contribution in [1.29, 1.82) is 0 Å². The molecule has 0 saturated heterocycles. The summed E-state index contributed by atoms with van der Waals surface area (Å²) in [6, 6.07) is 11.5. The maximum Gasteiger partial charge on any atom is 0.243 e. The molecule has 25 heavy (non-hydrogen) atoms. The second-order valence-corrected chi connectivity index (χ2v) is 7.86. The van der Waals surface area contributed by atoms with Crippen molar-refractivity contribution in [3.63, 3.8) is 0 Å². The molecule has 1 heterocycles. The minimum absolute atomic E-state index is 0.000192. The summed E-state index contributed by atoms with van der Waals surface area (Å²) in [6.45, 7) is 3.68. The molecule has 0 unspecified atom stereocenters. The van der Waals surface area contributed by atoms with Gasteiger partial charge in [0.05, 0.1) is 24.2 Å². The van der Waals surface area contributed by atoms with Crippen molar-refractivity contribution in [2.75, 3.05) is 6.54 Å². The normalized spacial score (nSPS) is 12.9. The lowest BCUT2D eigenvalue weighted by Gasteiger charge is -2.22. The van der Waals surface area contributed by atoms with E-state index in [-0.39, 0.29) is 29.9 Å². The zero-order valence-electron chi connectivity index (χ0n) is 14.5. The molecule has 136 valence electrons. The fraction of sp³-hybridized carbons (Fsp3) is 0.389. The standard InChI is InChI=1S/C18H24N2O4S/c1-3-8-15(2)19-18(21)14-20(13-16-9-7-12-24-16)25(22,23)17-10-5-4-6-11-17/h4-7,9-12,15H,3,8,13-14H2,1-2H3,(H,19,21)/t15-/m1/s1. The first-order valence-electron chi connectivity index (χ1n) is 8.30. The Morgan fingerprint density at radius 1 is 1.20 bits per heavy atom. The molecule has 2 aromatic rings. The summed E-state index contributed by atoms with van der Waals surface area (Å²) < 4.78 is 32.2. The summed E-state index contributed by atoms with van der Waals surface area (Å²) in [7, 11) is -3.81. The molecular weight excluding hydrogens is 340 g/mol. The molecule has 1 aromatic carbocycles. The van der Waals surface area contributed by atoms with Crippen molar-refractivity contribution in [1.82, 2.24) is 9.62 Å². The second-order valence-electron chi connectivity index (χ2n) is 5.92. The molecule has 0 aliphatic carbocycles. The maximum absolute atomic E-state index is 12.9. The Morgan fingerprint density at radius 3 is 2.52 bits per heavy atom. The SMILES string of the molecule is CCC[C@@H](C)NC(=O)CN(Cc1ccco1)S(=O)(=O)c1ccccc1. The predicted octanol–water partition coefficient (Wildman–Crippen LogP) is 2.78. The number of sulfonamides is 1. The molecule has 0 aliphatic heterocycles. The van der Waals surface area contributed by atoms with Crippen LogP contribution in [0.5, 0.6) is 0 Å². The zero-order valence-corrected chi connectivity index (χ0v) is 15.3. The number of amides is 1. The first-order chi connectivity index (χ1) is 11.9. The second kappa shape index (κ2) is 8.82. The largest absolute Gasteiger partial charge is 0.468 e. The third-order valence-electron chi connectivity index (χ3n) is 3.74. The van der Waals surface area contributed by atoms with Gasteiger partial charge in [0.2, 0.25) is 15.9 Å². The Bertz CT molecular complexity index is 758. The molecule has 6 nitrogen and oxygen atoms in total. The number of nitrogens with zero attached hydrogens (tertiary/aromatic N) is 1. The average Bonchev–Trinajstić information content (AvgIpc) is 3.08. The van der Waals surface area contributed by atoms with Crippen LogP contribution in [0.2, 0.25) is 0 Å². The number of rotatable bonds is 9. The van der Waals surface area contributed by atoms with Gasteiger partial charge in [-0.1, -0.05) is 31.5 Å². The van der Waals surface area contributed by atoms with Crippen LogP contribution in [-0.4, -0.2) is 31.2 Å². The summed E-state index contributed by atoms with van der Waals surface area (Å²) in [5, 5.41) is 2.84. The summed E-state index contributed by atoms with van der Waals surface area (Å²) >= 11 is 0. The van der Waals surface area contributed by atoms with Crippen LogP contribution in [0, 0.1) is 0 Å². The number of benzene rings is 1. The minimum atomic E-state index is -3.81. The number of nitrogens with one attached hydrogen (secondary N) is 1. The van der Waals surface area contributed by atoms with Gasteiger partial charge in [-0.15, -0.1) is 0 Å². The average molecular weight is 364 g/mol. The zero-order chi connectivity index (χ0) is 18.3. The van der Waals surface area contributed by atoms with Crippen LogP contribution < -0.4 is 5.32 Å². The molecule has 0 spiro atoms. The molecule has 0 aliphatic rings. The lowest BCUT2D eigenvalue weighted by atomic mass is 10.2. The Balaban J connectivity index is 2.20. The van der Waals surface area contributed by atoms with Gasteiger partial charge in [-0.3, -0.25) is 4.79 Å². The maximum atomic E-state index is 12.9. The predicted molar refractivity (Wildman–Crippen MR) is 95.3 cm³/mol. The summed E-state index contributed by atoms with van der Waals surface area (Å²) in [5.41, 5.74) is 0. The van der Waals surface area contributed by atoms with Crippen molar-refractivity contribution in [2.45, 2.75) is 44.2 Å². The van der Waals surface area contributed by atoms with Crippen LogP contribution >= 0.6 is 0 Å². The van der Waals surface area contributed by atoms with Gasteiger partial charge in [-0.25, -0.2) is 8.42 Å². The fourth-order valence-electron chi connectivity index (χ4n) is 2.53. The van der Waals surface area contributed by atoms with Crippen LogP contribution in [0.4, 0.5) is 0 Å². The highest BCUT2D eigenvalue weighted by atomic mass is 32.2. The van der Waals surface area contributed by atoms with Crippen LogP contribution in [0.1, 0.15) is 32.4 Å². The number of hydrogen-bond donors (Lipinski definition) is 1. The van der Waals surface area contributed by atoms with Crippen molar-refractivity contribution in [3.05, 3.63) is 54.5 Å². The summed E-state index contributed by atoms with van der Waals surface area (Å²) in [6.07, 6.45) is 3.27. The van der Waals surface area contributed by atoms with E-state index in [2.05, 4.69) is 5.32 Å². The van der Waals surface area contributed by atoms with Crippen LogP contribution in [-0.2, 0) is 21.4 Å². The van der Waals surface area contributed by atoms with Crippen molar-refractivity contribution >= 4 is 15.9 Å². The van der Waals surface area contributed by atoms with E-state index >= 15 is 0 Å². The lowest BCUT2D eigenvalue weighted by Crippen LogP contribution is -2.43. The highest BCUT2D eigenvalue weighted by Crippen LogP contribution is 2.18. The van der Waals surface area contributed by atoms with Gasteiger partial charge < -0.3 is 9.73 Å². The van der Waals surface area contributed by atoms with Gasteiger partial charge in [0, 0.05) is 6.04 Å². The molecule has 7 heteroatoms. The number of carbonyl (C=O) groups is 1. The van der Waals surface area contributed by atoms with Gasteiger partial charge in [-0.05, 0) is 37.6 Å². The highest BCUT2D eigenvalue weighted by Gasteiger charge is 2.27.